The molecule has 2 aromatic rings. The van der Waals surface area contributed by atoms with Gasteiger partial charge in [-0.25, -0.2) is 4.98 Å². The molecule has 0 fully saturated rings. The lowest BCUT2D eigenvalue weighted by molar-refractivity contribution is 0.102. The van der Waals surface area contributed by atoms with Crippen LogP contribution in [0.4, 0.5) is 5.82 Å². The molecule has 1 N–H and O–H groups in total. The van der Waals surface area contributed by atoms with E-state index in [-0.39, 0.29) is 5.91 Å². The number of hydrogen-bond acceptors (Lipinski definition) is 3. The second-order valence-electron chi connectivity index (χ2n) is 3.87. The van der Waals surface area contributed by atoms with Crippen LogP contribution in [0.15, 0.2) is 47.5 Å². The number of pyridine rings is 1. The van der Waals surface area contributed by atoms with Crippen LogP contribution >= 0.6 is 11.8 Å². The molecule has 0 aliphatic rings. The third-order valence-electron chi connectivity index (χ3n) is 2.51. The molecule has 18 heavy (non-hydrogen) atoms. The lowest BCUT2D eigenvalue weighted by Crippen LogP contribution is -2.13. The van der Waals surface area contributed by atoms with Crippen molar-refractivity contribution in [3.63, 3.8) is 0 Å². The minimum Gasteiger partial charge on any atom is -0.307 e. The standard InChI is InChI=1S/C14H14N2OS/c1-10-7-8-15-13(9-10)16-14(17)11-5-3-4-6-12(11)18-2/h3-9H,1-2H3,(H,15,16,17). The molecule has 0 atom stereocenters. The first-order chi connectivity index (χ1) is 8.70. The van der Waals surface area contributed by atoms with Gasteiger partial charge in [-0.1, -0.05) is 12.1 Å². The van der Waals surface area contributed by atoms with Crippen LogP contribution < -0.4 is 5.32 Å². The van der Waals surface area contributed by atoms with Gasteiger partial charge in [0, 0.05) is 11.1 Å². The van der Waals surface area contributed by atoms with Crippen LogP contribution in [0.1, 0.15) is 15.9 Å². The van der Waals surface area contributed by atoms with Crippen molar-refractivity contribution < 1.29 is 4.79 Å². The largest absolute Gasteiger partial charge is 0.307 e. The van der Waals surface area contributed by atoms with Crippen molar-refractivity contribution in [2.75, 3.05) is 11.6 Å². The Morgan fingerprint density at radius 3 is 2.78 bits per heavy atom. The Bertz CT molecular complexity index is 569. The quantitative estimate of drug-likeness (QED) is 0.858. The zero-order chi connectivity index (χ0) is 13.0. The number of amides is 1. The van der Waals surface area contributed by atoms with E-state index in [1.54, 1.807) is 18.0 Å². The summed E-state index contributed by atoms with van der Waals surface area (Å²) >= 11 is 1.56. The summed E-state index contributed by atoms with van der Waals surface area (Å²) in [6.45, 7) is 1.97. The molecule has 0 radical (unpaired) electrons. The van der Waals surface area contributed by atoms with E-state index in [1.807, 2.05) is 49.6 Å². The monoisotopic (exact) mass is 258 g/mol. The van der Waals surface area contributed by atoms with E-state index in [4.69, 9.17) is 0 Å². The summed E-state index contributed by atoms with van der Waals surface area (Å²) in [4.78, 5) is 17.2. The van der Waals surface area contributed by atoms with Crippen molar-refractivity contribution >= 4 is 23.5 Å². The predicted molar refractivity (Wildman–Crippen MR) is 75.2 cm³/mol. The topological polar surface area (TPSA) is 42.0 Å². The first kappa shape index (κ1) is 12.6. The predicted octanol–water partition coefficient (Wildman–Crippen LogP) is 3.36. The highest BCUT2D eigenvalue weighted by Gasteiger charge is 2.10. The normalized spacial score (nSPS) is 10.1. The van der Waals surface area contributed by atoms with Gasteiger partial charge in [0.1, 0.15) is 5.82 Å². The highest BCUT2D eigenvalue weighted by atomic mass is 32.2. The molecule has 0 aliphatic heterocycles. The van der Waals surface area contributed by atoms with Crippen molar-refractivity contribution in [1.29, 1.82) is 0 Å². The third kappa shape index (κ3) is 2.90. The van der Waals surface area contributed by atoms with Crippen LogP contribution in [0.25, 0.3) is 0 Å². The number of anilines is 1. The average molecular weight is 258 g/mol. The van der Waals surface area contributed by atoms with Gasteiger partial charge in [0.15, 0.2) is 0 Å². The molecule has 1 heterocycles. The second-order valence-corrected chi connectivity index (χ2v) is 4.72. The summed E-state index contributed by atoms with van der Waals surface area (Å²) in [7, 11) is 0. The van der Waals surface area contributed by atoms with Gasteiger partial charge < -0.3 is 5.32 Å². The first-order valence-corrected chi connectivity index (χ1v) is 6.80. The number of carbonyl (C=O) groups is 1. The molecule has 0 unspecified atom stereocenters. The molecule has 2 rings (SSSR count). The molecule has 0 aliphatic carbocycles. The Morgan fingerprint density at radius 1 is 1.28 bits per heavy atom. The van der Waals surface area contributed by atoms with Crippen LogP contribution in [0.3, 0.4) is 0 Å². The molecular formula is C14H14N2OS. The van der Waals surface area contributed by atoms with Gasteiger partial charge in [-0.15, -0.1) is 11.8 Å². The zero-order valence-electron chi connectivity index (χ0n) is 10.3. The highest BCUT2D eigenvalue weighted by Crippen LogP contribution is 2.20. The highest BCUT2D eigenvalue weighted by molar-refractivity contribution is 7.98. The van der Waals surface area contributed by atoms with Crippen LogP contribution in [0.2, 0.25) is 0 Å². The maximum Gasteiger partial charge on any atom is 0.257 e. The van der Waals surface area contributed by atoms with Crippen molar-refractivity contribution in [3.8, 4) is 0 Å². The number of nitrogens with one attached hydrogen (secondary N) is 1. The summed E-state index contributed by atoms with van der Waals surface area (Å²) in [5, 5.41) is 2.81. The molecular weight excluding hydrogens is 244 g/mol. The number of benzene rings is 1. The smallest absolute Gasteiger partial charge is 0.257 e. The fourth-order valence-electron chi connectivity index (χ4n) is 1.62. The molecule has 0 saturated heterocycles. The zero-order valence-corrected chi connectivity index (χ0v) is 11.1. The Labute approximate surface area is 111 Å². The number of nitrogens with zero attached hydrogens (tertiary/aromatic N) is 1. The maximum atomic E-state index is 12.1. The van der Waals surface area contributed by atoms with Crippen LogP contribution in [-0.2, 0) is 0 Å². The van der Waals surface area contributed by atoms with Gasteiger partial charge in [0.2, 0.25) is 0 Å². The number of thioether (sulfide) groups is 1. The van der Waals surface area contributed by atoms with E-state index in [0.717, 1.165) is 10.5 Å². The Hall–Kier alpha value is -1.81. The number of carbonyl (C=O) groups excluding carboxylic acids is 1. The van der Waals surface area contributed by atoms with Gasteiger partial charge in [0.25, 0.3) is 5.91 Å². The van der Waals surface area contributed by atoms with Crippen molar-refractivity contribution in [2.45, 2.75) is 11.8 Å². The van der Waals surface area contributed by atoms with Gasteiger partial charge >= 0.3 is 0 Å². The molecule has 3 nitrogen and oxygen atoms in total. The summed E-state index contributed by atoms with van der Waals surface area (Å²) in [6.07, 6.45) is 3.64. The minimum absolute atomic E-state index is 0.127. The molecule has 0 bridgehead atoms. The van der Waals surface area contributed by atoms with Crippen LogP contribution in [-0.4, -0.2) is 17.1 Å². The molecule has 1 amide bonds. The fourth-order valence-corrected chi connectivity index (χ4v) is 2.22. The average Bonchev–Trinajstić information content (AvgIpc) is 2.38. The maximum absolute atomic E-state index is 12.1. The van der Waals surface area contributed by atoms with E-state index in [1.165, 1.54) is 0 Å². The molecule has 1 aromatic heterocycles. The van der Waals surface area contributed by atoms with E-state index in [0.29, 0.717) is 11.4 Å². The Morgan fingerprint density at radius 2 is 2.06 bits per heavy atom. The molecule has 4 heteroatoms. The molecule has 92 valence electrons. The molecule has 1 aromatic carbocycles. The van der Waals surface area contributed by atoms with E-state index >= 15 is 0 Å². The third-order valence-corrected chi connectivity index (χ3v) is 3.30. The lowest BCUT2D eigenvalue weighted by atomic mass is 10.2. The Kier molecular flexibility index (Phi) is 3.99. The lowest BCUT2D eigenvalue weighted by Gasteiger charge is -2.08. The van der Waals surface area contributed by atoms with Crippen LogP contribution in [0.5, 0.6) is 0 Å². The number of hydrogen-bond donors (Lipinski definition) is 1. The number of aromatic nitrogens is 1. The second kappa shape index (κ2) is 5.69. The van der Waals surface area contributed by atoms with E-state index in [9.17, 15) is 4.79 Å². The number of rotatable bonds is 3. The van der Waals surface area contributed by atoms with E-state index in [2.05, 4.69) is 10.3 Å². The van der Waals surface area contributed by atoms with Gasteiger partial charge in [0.05, 0.1) is 5.56 Å². The SMILES string of the molecule is CSc1ccccc1C(=O)Nc1cc(C)ccn1. The summed E-state index contributed by atoms with van der Waals surface area (Å²) in [6, 6.07) is 11.3. The van der Waals surface area contributed by atoms with Gasteiger partial charge in [-0.3, -0.25) is 4.79 Å². The van der Waals surface area contributed by atoms with Gasteiger partial charge in [-0.2, -0.15) is 0 Å². The van der Waals surface area contributed by atoms with Crippen molar-refractivity contribution in [1.82, 2.24) is 4.98 Å². The molecule has 0 saturated carbocycles. The fraction of sp³-hybridized carbons (Fsp3) is 0.143. The Balaban J connectivity index is 2.22. The number of aryl methyl sites for hydroxylation is 1. The van der Waals surface area contributed by atoms with E-state index < -0.39 is 0 Å². The summed E-state index contributed by atoms with van der Waals surface area (Å²) in [5.41, 5.74) is 1.74. The summed E-state index contributed by atoms with van der Waals surface area (Å²) < 4.78 is 0. The van der Waals surface area contributed by atoms with Crippen LogP contribution in [0, 0.1) is 6.92 Å². The van der Waals surface area contributed by atoms with Gasteiger partial charge in [-0.05, 0) is 43.0 Å². The minimum atomic E-state index is -0.127. The van der Waals surface area contributed by atoms with Crippen molar-refractivity contribution in [3.05, 3.63) is 53.7 Å². The molecule has 0 spiro atoms. The first-order valence-electron chi connectivity index (χ1n) is 5.58. The van der Waals surface area contributed by atoms with Crippen molar-refractivity contribution in [2.24, 2.45) is 0 Å². The summed E-state index contributed by atoms with van der Waals surface area (Å²) in [5.74, 6) is 0.453.